The number of nitrogens with two attached hydrogens (primary N) is 1. The molecule has 0 amide bonds. The van der Waals surface area contributed by atoms with Crippen LogP contribution in [0.5, 0.6) is 5.75 Å². The number of rotatable bonds is 9. The maximum atomic E-state index is 15.3. The van der Waals surface area contributed by atoms with Gasteiger partial charge in [0, 0.05) is 62.4 Å². The molecule has 6 rings (SSSR count). The Morgan fingerprint density at radius 1 is 1.23 bits per heavy atom. The second-order valence-corrected chi connectivity index (χ2v) is 10.9. The number of hydrogen-bond donors (Lipinski definition) is 2. The lowest BCUT2D eigenvalue weighted by molar-refractivity contribution is 0.101. The molecule has 1 saturated carbocycles. The van der Waals surface area contributed by atoms with Gasteiger partial charge in [0.15, 0.2) is 11.2 Å². The number of carbonyl (C=O) groups is 1. The normalized spacial score (nSPS) is 19.4. The molecule has 1 aliphatic carbocycles. The Morgan fingerprint density at radius 3 is 2.70 bits per heavy atom. The monoisotopic (exact) mass is 548 g/mol. The second kappa shape index (κ2) is 11.0. The molecule has 1 atom stereocenters. The third kappa shape index (κ3) is 5.03. The molecule has 9 nitrogen and oxygen atoms in total. The number of piperazine rings is 1. The van der Waals surface area contributed by atoms with Gasteiger partial charge >= 0.3 is 7.12 Å². The summed E-state index contributed by atoms with van der Waals surface area (Å²) in [6.45, 7) is 5.89. The molecule has 2 aliphatic heterocycles. The molecule has 11 heteroatoms. The van der Waals surface area contributed by atoms with Crippen molar-refractivity contribution in [2.45, 2.75) is 38.3 Å². The molecular formula is C29H34BFN4O5. The summed E-state index contributed by atoms with van der Waals surface area (Å²) in [6.07, 6.45) is 4.11. The number of benzene rings is 2. The highest BCUT2D eigenvalue weighted by Gasteiger charge is 2.37. The summed E-state index contributed by atoms with van der Waals surface area (Å²) in [7, 11) is -1.03. The van der Waals surface area contributed by atoms with Crippen LogP contribution in [0.2, 0.25) is 0 Å². The Balaban J connectivity index is 1.08. The molecule has 1 saturated heterocycles. The van der Waals surface area contributed by atoms with Gasteiger partial charge in [-0.1, -0.05) is 12.1 Å². The maximum absolute atomic E-state index is 15.3. The number of ketones is 1. The highest BCUT2D eigenvalue weighted by molar-refractivity contribution is 6.62. The van der Waals surface area contributed by atoms with Crippen LogP contribution < -0.4 is 26.3 Å². The van der Waals surface area contributed by atoms with Crippen molar-refractivity contribution in [2.75, 3.05) is 50.8 Å². The number of aromatic nitrogens is 1. The van der Waals surface area contributed by atoms with Crippen molar-refractivity contribution in [3.63, 3.8) is 0 Å². The van der Waals surface area contributed by atoms with Gasteiger partial charge in [-0.3, -0.25) is 14.5 Å². The number of Topliss-reactive ketones (excluding diaryl/α,β-unsaturated/α-hetero) is 1. The Kier molecular flexibility index (Phi) is 7.39. The lowest BCUT2D eigenvalue weighted by Gasteiger charge is -2.36. The van der Waals surface area contributed by atoms with Crippen molar-refractivity contribution in [2.24, 2.45) is 5.73 Å². The summed E-state index contributed by atoms with van der Waals surface area (Å²) in [5.41, 5.74) is 8.18. The van der Waals surface area contributed by atoms with E-state index in [4.69, 9.17) is 15.1 Å². The number of anilines is 1. The van der Waals surface area contributed by atoms with Gasteiger partial charge in [-0.2, -0.15) is 0 Å². The number of ether oxygens (including phenoxy) is 1. The predicted molar refractivity (Wildman–Crippen MR) is 152 cm³/mol. The van der Waals surface area contributed by atoms with Crippen molar-refractivity contribution in [3.05, 3.63) is 63.7 Å². The van der Waals surface area contributed by atoms with E-state index in [1.165, 1.54) is 13.0 Å². The van der Waals surface area contributed by atoms with Crippen LogP contribution in [0, 0.1) is 5.82 Å². The topological polar surface area (TPSA) is 110 Å². The van der Waals surface area contributed by atoms with E-state index in [0.29, 0.717) is 48.7 Å². The van der Waals surface area contributed by atoms with Crippen LogP contribution in [0.3, 0.4) is 0 Å². The number of halogens is 1. The fourth-order valence-corrected chi connectivity index (χ4v) is 5.90. The van der Waals surface area contributed by atoms with Gasteiger partial charge in [0.25, 0.3) is 0 Å². The average molecular weight is 548 g/mol. The van der Waals surface area contributed by atoms with Gasteiger partial charge < -0.3 is 29.6 Å². The highest BCUT2D eigenvalue weighted by Crippen LogP contribution is 2.38. The van der Waals surface area contributed by atoms with Gasteiger partial charge in [0.1, 0.15) is 11.6 Å². The minimum atomic E-state index is -1.03. The molecule has 0 unspecified atom stereocenters. The fourth-order valence-electron chi connectivity index (χ4n) is 5.90. The van der Waals surface area contributed by atoms with E-state index in [1.54, 1.807) is 12.3 Å². The zero-order chi connectivity index (χ0) is 28.0. The van der Waals surface area contributed by atoms with Crippen LogP contribution in [0.1, 0.15) is 54.3 Å². The SMILES string of the molecule is CC(=O)c1cn(C2CC2)c2cc(N3CCN(CCCOc4cccc5c4B(O)O[C@@H]5CN)CC3)c(F)cc2c1=O. The maximum Gasteiger partial charge on any atom is 0.495 e. The van der Waals surface area contributed by atoms with Crippen LogP contribution in [-0.2, 0) is 4.65 Å². The summed E-state index contributed by atoms with van der Waals surface area (Å²) in [4.78, 5) is 29.3. The van der Waals surface area contributed by atoms with E-state index >= 15 is 4.39 Å². The third-order valence-corrected chi connectivity index (χ3v) is 8.21. The molecule has 40 heavy (non-hydrogen) atoms. The smallest absolute Gasteiger partial charge is 0.494 e. The number of carbonyl (C=O) groups excluding carboxylic acids is 1. The highest BCUT2D eigenvalue weighted by atomic mass is 19.1. The van der Waals surface area contributed by atoms with Gasteiger partial charge in [-0.15, -0.1) is 0 Å². The van der Waals surface area contributed by atoms with E-state index in [2.05, 4.69) is 4.90 Å². The lowest BCUT2D eigenvalue weighted by Crippen LogP contribution is -2.47. The number of nitrogens with zero attached hydrogens (tertiary/aromatic N) is 3. The van der Waals surface area contributed by atoms with Crippen molar-refractivity contribution < 1.29 is 23.6 Å². The molecule has 3 aliphatic rings. The molecule has 3 aromatic rings. The molecule has 0 bridgehead atoms. The standard InChI is InChI=1S/C29H34BFN4O5/c1-18(36)22-17-35(19-6-7-19)24-15-25(23(31)14-21(24)29(22)37)34-11-9-33(10-12-34)8-3-13-39-26-5-2-4-20-27(16-32)40-30(38)28(20)26/h2,4-5,14-15,17,19,27,38H,3,6-13,16,32H2,1H3/t27-/m1/s1. The summed E-state index contributed by atoms with van der Waals surface area (Å²) in [5, 5.41) is 10.6. The van der Waals surface area contributed by atoms with E-state index in [0.717, 1.165) is 44.5 Å². The zero-order valence-electron chi connectivity index (χ0n) is 22.6. The molecule has 0 radical (unpaired) electrons. The quantitative estimate of drug-likeness (QED) is 0.238. The Hall–Kier alpha value is -3.25. The molecule has 2 fully saturated rings. The number of pyridine rings is 1. The van der Waals surface area contributed by atoms with Crippen molar-refractivity contribution in [1.29, 1.82) is 0 Å². The third-order valence-electron chi connectivity index (χ3n) is 8.21. The molecule has 210 valence electrons. The summed E-state index contributed by atoms with van der Waals surface area (Å²) < 4.78 is 28.8. The van der Waals surface area contributed by atoms with E-state index in [9.17, 15) is 14.6 Å². The van der Waals surface area contributed by atoms with E-state index in [-0.39, 0.29) is 28.9 Å². The Morgan fingerprint density at radius 2 is 2.00 bits per heavy atom. The van der Waals surface area contributed by atoms with Gasteiger partial charge in [-0.25, -0.2) is 4.39 Å². The van der Waals surface area contributed by atoms with Gasteiger partial charge in [-0.05, 0) is 49.9 Å². The summed E-state index contributed by atoms with van der Waals surface area (Å²) in [5.74, 6) is -0.114. The van der Waals surface area contributed by atoms with E-state index < -0.39 is 18.4 Å². The molecule has 3 heterocycles. The minimum absolute atomic E-state index is 0.116. The first kappa shape index (κ1) is 27.0. The first-order chi connectivity index (χ1) is 19.4. The summed E-state index contributed by atoms with van der Waals surface area (Å²) in [6, 6.07) is 8.96. The second-order valence-electron chi connectivity index (χ2n) is 10.9. The molecule has 2 aromatic carbocycles. The molecule has 1 aromatic heterocycles. The van der Waals surface area contributed by atoms with Gasteiger partial charge in [0.05, 0.1) is 29.5 Å². The number of hydrogen-bond acceptors (Lipinski definition) is 8. The van der Waals surface area contributed by atoms with Crippen LogP contribution in [-0.4, -0.2) is 73.3 Å². The first-order valence-corrected chi connectivity index (χ1v) is 14.0. The van der Waals surface area contributed by atoms with Crippen molar-refractivity contribution >= 4 is 35.0 Å². The van der Waals surface area contributed by atoms with Gasteiger partial charge in [0.2, 0.25) is 0 Å². The zero-order valence-corrected chi connectivity index (χ0v) is 22.6. The summed E-state index contributed by atoms with van der Waals surface area (Å²) >= 11 is 0. The lowest BCUT2D eigenvalue weighted by atomic mass is 9.78. The molecule has 3 N–H and O–H groups in total. The van der Waals surface area contributed by atoms with Crippen LogP contribution in [0.25, 0.3) is 10.9 Å². The Bertz CT molecular complexity index is 1500. The van der Waals surface area contributed by atoms with Crippen molar-refractivity contribution in [1.82, 2.24) is 9.47 Å². The number of fused-ring (bicyclic) bond motifs is 2. The van der Waals surface area contributed by atoms with Crippen LogP contribution in [0.15, 0.2) is 41.3 Å². The van der Waals surface area contributed by atoms with Crippen LogP contribution >= 0.6 is 0 Å². The molecular weight excluding hydrogens is 514 g/mol. The average Bonchev–Trinajstić information content (AvgIpc) is 3.74. The largest absolute Gasteiger partial charge is 0.495 e. The van der Waals surface area contributed by atoms with Crippen LogP contribution in [0.4, 0.5) is 10.1 Å². The molecule has 0 spiro atoms. The Labute approximate surface area is 232 Å². The van der Waals surface area contributed by atoms with E-state index in [1.807, 2.05) is 27.7 Å². The fraction of sp³-hybridized carbons (Fsp3) is 0.448. The first-order valence-electron chi connectivity index (χ1n) is 14.0. The minimum Gasteiger partial charge on any atom is -0.494 e. The van der Waals surface area contributed by atoms with Crippen molar-refractivity contribution in [3.8, 4) is 5.75 Å². The predicted octanol–water partition coefficient (Wildman–Crippen LogP) is 1.99.